The number of carbonyl (C=O) groups is 1. The minimum absolute atomic E-state index is 0.0504. The van der Waals surface area contributed by atoms with Crippen LogP contribution < -0.4 is 10.3 Å². The first-order valence-corrected chi connectivity index (χ1v) is 6.62. The van der Waals surface area contributed by atoms with Crippen LogP contribution in [0, 0.1) is 0 Å². The van der Waals surface area contributed by atoms with E-state index in [9.17, 15) is 9.59 Å². The molecule has 4 heteroatoms. The van der Waals surface area contributed by atoms with Crippen LogP contribution in [0.3, 0.4) is 0 Å². The third-order valence-corrected chi connectivity index (χ3v) is 2.86. The summed E-state index contributed by atoms with van der Waals surface area (Å²) in [5, 5.41) is 0. The number of ether oxygens (including phenoxy) is 1. The van der Waals surface area contributed by atoms with Crippen LogP contribution in [0.5, 0.6) is 5.75 Å². The Balaban J connectivity index is 2.06. The van der Waals surface area contributed by atoms with Crippen LogP contribution in [0.15, 0.2) is 53.5 Å². The lowest BCUT2D eigenvalue weighted by Crippen LogP contribution is -2.22. The average Bonchev–Trinajstić information content (AvgIpc) is 2.48. The molecule has 0 radical (unpaired) electrons. The quantitative estimate of drug-likeness (QED) is 0.758. The van der Waals surface area contributed by atoms with Gasteiger partial charge in [0.05, 0.1) is 13.2 Å². The van der Waals surface area contributed by atoms with E-state index in [1.807, 2.05) is 6.92 Å². The van der Waals surface area contributed by atoms with Crippen LogP contribution in [0.25, 0.3) is 0 Å². The SMILES string of the molecule is CCCOc1ccc(C(=O)Cn2ccccc2=O)cc1. The monoisotopic (exact) mass is 271 g/mol. The van der Waals surface area contributed by atoms with Crippen molar-refractivity contribution in [2.45, 2.75) is 19.9 Å². The largest absolute Gasteiger partial charge is 0.494 e. The molecule has 0 aliphatic carbocycles. The number of benzene rings is 1. The molecule has 4 nitrogen and oxygen atoms in total. The van der Waals surface area contributed by atoms with Gasteiger partial charge in [-0.15, -0.1) is 0 Å². The van der Waals surface area contributed by atoms with Gasteiger partial charge in [0, 0.05) is 17.8 Å². The number of rotatable bonds is 6. The van der Waals surface area contributed by atoms with Gasteiger partial charge in [-0.1, -0.05) is 13.0 Å². The smallest absolute Gasteiger partial charge is 0.250 e. The van der Waals surface area contributed by atoms with Gasteiger partial charge in [-0.3, -0.25) is 9.59 Å². The van der Waals surface area contributed by atoms with Gasteiger partial charge >= 0.3 is 0 Å². The first-order valence-electron chi connectivity index (χ1n) is 6.62. The second-order valence-corrected chi connectivity index (χ2v) is 4.46. The molecular formula is C16H17NO3. The number of hydrogen-bond acceptors (Lipinski definition) is 3. The molecule has 0 N–H and O–H groups in total. The van der Waals surface area contributed by atoms with Crippen LogP contribution >= 0.6 is 0 Å². The Bertz CT molecular complexity index is 629. The first-order chi connectivity index (χ1) is 9.70. The Hall–Kier alpha value is -2.36. The van der Waals surface area contributed by atoms with E-state index in [1.165, 1.54) is 10.6 Å². The van der Waals surface area contributed by atoms with E-state index >= 15 is 0 Å². The third-order valence-electron chi connectivity index (χ3n) is 2.86. The summed E-state index contributed by atoms with van der Waals surface area (Å²) >= 11 is 0. The van der Waals surface area contributed by atoms with E-state index < -0.39 is 0 Å². The zero-order valence-corrected chi connectivity index (χ0v) is 11.4. The number of ketones is 1. The van der Waals surface area contributed by atoms with Gasteiger partial charge in [-0.05, 0) is 36.8 Å². The van der Waals surface area contributed by atoms with Gasteiger partial charge in [0.25, 0.3) is 5.56 Å². The van der Waals surface area contributed by atoms with Crippen molar-refractivity contribution in [2.24, 2.45) is 0 Å². The Kier molecular flexibility index (Phi) is 4.71. The zero-order valence-electron chi connectivity index (χ0n) is 11.4. The summed E-state index contributed by atoms with van der Waals surface area (Å²) in [5.74, 6) is 0.653. The van der Waals surface area contributed by atoms with Gasteiger partial charge in [0.1, 0.15) is 5.75 Å². The lowest BCUT2D eigenvalue weighted by molar-refractivity contribution is 0.0971. The molecule has 0 aliphatic rings. The molecule has 2 rings (SSSR count). The minimum atomic E-state index is -0.177. The highest BCUT2D eigenvalue weighted by atomic mass is 16.5. The van der Waals surface area contributed by atoms with E-state index in [0.717, 1.165) is 12.2 Å². The molecule has 0 saturated carbocycles. The molecule has 1 heterocycles. The summed E-state index contributed by atoms with van der Waals surface area (Å²) < 4.78 is 6.85. The van der Waals surface area contributed by atoms with Crippen molar-refractivity contribution in [3.63, 3.8) is 0 Å². The molecule has 0 spiro atoms. The standard InChI is InChI=1S/C16H17NO3/c1-2-11-20-14-8-6-13(7-9-14)15(18)12-17-10-4-3-5-16(17)19/h3-10H,2,11-12H2,1H3. The van der Waals surface area contributed by atoms with Gasteiger partial charge in [0.15, 0.2) is 5.78 Å². The highest BCUT2D eigenvalue weighted by molar-refractivity contribution is 5.95. The Labute approximate surface area is 117 Å². The van der Waals surface area contributed by atoms with Crippen LogP contribution in [-0.4, -0.2) is 17.0 Å². The van der Waals surface area contributed by atoms with Crippen LogP contribution in [0.1, 0.15) is 23.7 Å². The van der Waals surface area contributed by atoms with E-state index in [-0.39, 0.29) is 17.9 Å². The van der Waals surface area contributed by atoms with Crippen LogP contribution in [0.2, 0.25) is 0 Å². The predicted octanol–water partition coefficient (Wildman–Crippen LogP) is 2.52. The van der Waals surface area contributed by atoms with E-state index in [0.29, 0.717) is 12.2 Å². The molecule has 104 valence electrons. The second-order valence-electron chi connectivity index (χ2n) is 4.46. The fraction of sp³-hybridized carbons (Fsp3) is 0.250. The van der Waals surface area contributed by atoms with Crippen molar-refractivity contribution >= 4 is 5.78 Å². The molecule has 0 saturated heterocycles. The molecule has 0 amide bonds. The normalized spacial score (nSPS) is 10.2. The van der Waals surface area contributed by atoms with Crippen molar-refractivity contribution in [1.82, 2.24) is 4.57 Å². The molecule has 0 atom stereocenters. The molecule has 20 heavy (non-hydrogen) atoms. The molecule has 1 aromatic carbocycles. The average molecular weight is 271 g/mol. The molecular weight excluding hydrogens is 254 g/mol. The van der Waals surface area contributed by atoms with Crippen molar-refractivity contribution in [2.75, 3.05) is 6.61 Å². The summed E-state index contributed by atoms with van der Waals surface area (Å²) in [7, 11) is 0. The van der Waals surface area contributed by atoms with E-state index in [2.05, 4.69) is 0 Å². The number of aromatic nitrogens is 1. The zero-order chi connectivity index (χ0) is 14.4. The molecule has 2 aromatic rings. The number of carbonyl (C=O) groups excluding carboxylic acids is 1. The van der Waals surface area contributed by atoms with Gasteiger partial charge in [-0.25, -0.2) is 0 Å². The number of hydrogen-bond donors (Lipinski definition) is 0. The molecule has 0 unspecified atom stereocenters. The maximum absolute atomic E-state index is 12.1. The van der Waals surface area contributed by atoms with E-state index in [1.54, 1.807) is 42.6 Å². The summed E-state index contributed by atoms with van der Waals surface area (Å²) in [5.41, 5.74) is 0.397. The highest BCUT2D eigenvalue weighted by Crippen LogP contribution is 2.13. The van der Waals surface area contributed by atoms with Crippen molar-refractivity contribution in [1.29, 1.82) is 0 Å². The minimum Gasteiger partial charge on any atom is -0.494 e. The second kappa shape index (κ2) is 6.70. The topological polar surface area (TPSA) is 48.3 Å². The number of pyridine rings is 1. The predicted molar refractivity (Wildman–Crippen MR) is 77.3 cm³/mol. The summed E-state index contributed by atoms with van der Waals surface area (Å²) in [4.78, 5) is 23.6. The fourth-order valence-corrected chi connectivity index (χ4v) is 1.79. The molecule has 0 aliphatic heterocycles. The summed E-state index contributed by atoms with van der Waals surface area (Å²) in [6, 6.07) is 11.8. The first kappa shape index (κ1) is 14.1. The highest BCUT2D eigenvalue weighted by Gasteiger charge is 2.07. The van der Waals surface area contributed by atoms with Gasteiger partial charge in [0.2, 0.25) is 0 Å². The maximum atomic E-state index is 12.1. The Morgan fingerprint density at radius 1 is 1.15 bits per heavy atom. The van der Waals surface area contributed by atoms with Crippen molar-refractivity contribution in [3.8, 4) is 5.75 Å². The van der Waals surface area contributed by atoms with Gasteiger partial charge in [-0.2, -0.15) is 0 Å². The van der Waals surface area contributed by atoms with Crippen molar-refractivity contribution in [3.05, 3.63) is 64.6 Å². The molecule has 0 bridgehead atoms. The molecule has 0 fully saturated rings. The Morgan fingerprint density at radius 3 is 2.55 bits per heavy atom. The van der Waals surface area contributed by atoms with Crippen molar-refractivity contribution < 1.29 is 9.53 Å². The lowest BCUT2D eigenvalue weighted by Gasteiger charge is -2.07. The molecule has 1 aromatic heterocycles. The summed E-state index contributed by atoms with van der Waals surface area (Å²) in [6.45, 7) is 2.75. The summed E-state index contributed by atoms with van der Waals surface area (Å²) in [6.07, 6.45) is 2.55. The maximum Gasteiger partial charge on any atom is 0.250 e. The lowest BCUT2D eigenvalue weighted by atomic mass is 10.1. The third kappa shape index (κ3) is 3.57. The Morgan fingerprint density at radius 2 is 1.90 bits per heavy atom. The number of nitrogens with zero attached hydrogens (tertiary/aromatic N) is 1. The van der Waals surface area contributed by atoms with Crippen LogP contribution in [-0.2, 0) is 6.54 Å². The van der Waals surface area contributed by atoms with Gasteiger partial charge < -0.3 is 9.30 Å². The van der Waals surface area contributed by atoms with E-state index in [4.69, 9.17) is 4.74 Å². The fourth-order valence-electron chi connectivity index (χ4n) is 1.79. The number of Topliss-reactive ketones (excluding diaryl/α,β-unsaturated/α-hetero) is 1. The van der Waals surface area contributed by atoms with Crippen LogP contribution in [0.4, 0.5) is 0 Å².